The van der Waals surface area contributed by atoms with Crippen molar-refractivity contribution in [1.29, 1.82) is 0 Å². The largest absolute Gasteiger partial charge is 0.466 e. The van der Waals surface area contributed by atoms with E-state index < -0.39 is 0 Å². The highest BCUT2D eigenvalue weighted by molar-refractivity contribution is 5.90. The van der Waals surface area contributed by atoms with E-state index in [-0.39, 0.29) is 23.8 Å². The molecule has 2 atom stereocenters. The topological polar surface area (TPSA) is 52.6 Å². The van der Waals surface area contributed by atoms with Crippen LogP contribution in [0.1, 0.15) is 19.3 Å². The standard InChI is InChI=1S/C13H16O4/c1-16-12(14)10-4-8-3-9(5-10)7-11(6-8)13(15)17-2/h4,7-9H,3,5-6H2,1-2H3. The Morgan fingerprint density at radius 1 is 1.00 bits per heavy atom. The van der Waals surface area contributed by atoms with Gasteiger partial charge in [0, 0.05) is 11.1 Å². The quantitative estimate of drug-likeness (QED) is 0.683. The second-order valence-electron chi connectivity index (χ2n) is 4.53. The van der Waals surface area contributed by atoms with Gasteiger partial charge >= 0.3 is 11.9 Å². The van der Waals surface area contributed by atoms with Crippen LogP contribution in [0.5, 0.6) is 0 Å². The van der Waals surface area contributed by atoms with E-state index >= 15 is 0 Å². The minimum absolute atomic E-state index is 0.252. The molecule has 0 radical (unpaired) electrons. The first-order valence-corrected chi connectivity index (χ1v) is 5.72. The van der Waals surface area contributed by atoms with E-state index in [0.717, 1.165) is 17.6 Å². The van der Waals surface area contributed by atoms with Crippen LogP contribution in [0.2, 0.25) is 0 Å². The van der Waals surface area contributed by atoms with E-state index in [4.69, 9.17) is 9.47 Å². The van der Waals surface area contributed by atoms with Gasteiger partial charge in [-0.05, 0) is 31.1 Å². The number of hydrogen-bond acceptors (Lipinski definition) is 4. The van der Waals surface area contributed by atoms with Gasteiger partial charge in [-0.3, -0.25) is 0 Å². The van der Waals surface area contributed by atoms with Crippen LogP contribution >= 0.6 is 0 Å². The first-order valence-electron chi connectivity index (χ1n) is 5.72. The Labute approximate surface area is 100 Å². The first-order chi connectivity index (χ1) is 8.13. The summed E-state index contributed by atoms with van der Waals surface area (Å²) in [7, 11) is 2.78. The smallest absolute Gasteiger partial charge is 0.333 e. The first kappa shape index (κ1) is 11.9. The molecule has 0 spiro atoms. The maximum Gasteiger partial charge on any atom is 0.333 e. The van der Waals surface area contributed by atoms with Gasteiger partial charge in [-0.1, -0.05) is 12.2 Å². The summed E-state index contributed by atoms with van der Waals surface area (Å²) in [4.78, 5) is 22.9. The summed E-state index contributed by atoms with van der Waals surface area (Å²) in [5, 5.41) is 0. The zero-order valence-electron chi connectivity index (χ0n) is 10.1. The van der Waals surface area contributed by atoms with Gasteiger partial charge in [0.2, 0.25) is 0 Å². The fourth-order valence-electron chi connectivity index (χ4n) is 2.64. The minimum atomic E-state index is -0.255. The second kappa shape index (κ2) is 4.73. The van der Waals surface area contributed by atoms with Gasteiger partial charge in [-0.15, -0.1) is 0 Å². The van der Waals surface area contributed by atoms with Gasteiger partial charge in [0.05, 0.1) is 14.2 Å². The third kappa shape index (κ3) is 2.40. The number of carbonyl (C=O) groups excluding carboxylic acids is 2. The van der Waals surface area contributed by atoms with Crippen molar-refractivity contribution in [3.8, 4) is 0 Å². The zero-order valence-corrected chi connectivity index (χ0v) is 10.1. The summed E-state index contributed by atoms with van der Waals surface area (Å²) in [5.41, 5.74) is 1.46. The highest BCUT2D eigenvalue weighted by Gasteiger charge is 2.31. The molecule has 4 heteroatoms. The number of methoxy groups -OCH3 is 2. The predicted octanol–water partition coefficient (Wildman–Crippen LogP) is 1.62. The Hall–Kier alpha value is -1.58. The maximum absolute atomic E-state index is 11.5. The minimum Gasteiger partial charge on any atom is -0.466 e. The summed E-state index contributed by atoms with van der Waals surface area (Å²) >= 11 is 0. The third-order valence-corrected chi connectivity index (χ3v) is 3.34. The molecule has 0 aromatic rings. The van der Waals surface area contributed by atoms with Gasteiger partial charge < -0.3 is 9.47 Å². The molecule has 0 saturated heterocycles. The molecule has 2 bridgehead atoms. The molecule has 2 aliphatic rings. The van der Waals surface area contributed by atoms with E-state index in [2.05, 4.69) is 0 Å². The average Bonchev–Trinajstić information content (AvgIpc) is 2.35. The molecule has 2 rings (SSSR count). The van der Waals surface area contributed by atoms with Crippen LogP contribution in [0, 0.1) is 11.8 Å². The van der Waals surface area contributed by atoms with Gasteiger partial charge in [-0.2, -0.15) is 0 Å². The van der Waals surface area contributed by atoms with E-state index in [1.807, 2.05) is 12.2 Å². The lowest BCUT2D eigenvalue weighted by Gasteiger charge is -2.30. The molecule has 0 saturated carbocycles. The van der Waals surface area contributed by atoms with Crippen LogP contribution in [0.15, 0.2) is 23.3 Å². The predicted molar refractivity (Wildman–Crippen MR) is 61.0 cm³/mol. The molecule has 92 valence electrons. The molecule has 0 aromatic heterocycles. The van der Waals surface area contributed by atoms with Gasteiger partial charge in [0.25, 0.3) is 0 Å². The Kier molecular flexibility index (Phi) is 3.31. The molecular weight excluding hydrogens is 220 g/mol. The highest BCUT2D eigenvalue weighted by atomic mass is 16.5. The SMILES string of the molecule is COC(=O)C1=CC2CC(C(=O)OC)=CC(C1)C2. The van der Waals surface area contributed by atoms with Crippen LogP contribution in [-0.4, -0.2) is 26.2 Å². The van der Waals surface area contributed by atoms with Crippen molar-refractivity contribution < 1.29 is 19.1 Å². The lowest BCUT2D eigenvalue weighted by Crippen LogP contribution is -2.24. The van der Waals surface area contributed by atoms with Gasteiger partial charge in [0.1, 0.15) is 0 Å². The molecule has 17 heavy (non-hydrogen) atoms. The number of fused-ring (bicyclic) bond motifs is 2. The molecule has 0 amide bonds. The van der Waals surface area contributed by atoms with Crippen LogP contribution in [-0.2, 0) is 19.1 Å². The zero-order chi connectivity index (χ0) is 12.4. The molecular formula is C13H16O4. The molecule has 0 N–H and O–H groups in total. The average molecular weight is 236 g/mol. The maximum atomic E-state index is 11.5. The molecule has 2 aliphatic carbocycles. The lowest BCUT2D eigenvalue weighted by molar-refractivity contribution is -0.136. The summed E-state index contributed by atoms with van der Waals surface area (Å²) in [6, 6.07) is 0. The normalized spacial score (nSPS) is 26.7. The molecule has 0 aliphatic heterocycles. The lowest BCUT2D eigenvalue weighted by atomic mass is 9.74. The number of ether oxygens (including phenoxy) is 2. The fraction of sp³-hybridized carbons (Fsp3) is 0.538. The number of allylic oxidation sites excluding steroid dienone is 2. The van der Waals surface area contributed by atoms with Crippen LogP contribution in [0.3, 0.4) is 0 Å². The summed E-state index contributed by atoms with van der Waals surface area (Å²) in [6.07, 6.45) is 6.20. The Morgan fingerprint density at radius 2 is 1.41 bits per heavy atom. The van der Waals surface area contributed by atoms with Crippen molar-refractivity contribution in [3.63, 3.8) is 0 Å². The molecule has 4 nitrogen and oxygen atoms in total. The van der Waals surface area contributed by atoms with Gasteiger partial charge in [-0.25, -0.2) is 9.59 Å². The summed E-state index contributed by atoms with van der Waals surface area (Å²) < 4.78 is 9.46. The van der Waals surface area contributed by atoms with Crippen molar-refractivity contribution >= 4 is 11.9 Å². The molecule has 0 aromatic carbocycles. The monoisotopic (exact) mass is 236 g/mol. The molecule has 0 fully saturated rings. The number of esters is 2. The van der Waals surface area contributed by atoms with Crippen molar-refractivity contribution in [2.75, 3.05) is 14.2 Å². The van der Waals surface area contributed by atoms with E-state index in [9.17, 15) is 9.59 Å². The third-order valence-electron chi connectivity index (χ3n) is 3.34. The molecule has 0 heterocycles. The van der Waals surface area contributed by atoms with Crippen molar-refractivity contribution in [1.82, 2.24) is 0 Å². The van der Waals surface area contributed by atoms with Crippen LogP contribution in [0.25, 0.3) is 0 Å². The van der Waals surface area contributed by atoms with Crippen LogP contribution in [0.4, 0.5) is 0 Å². The van der Waals surface area contributed by atoms with E-state index in [1.165, 1.54) is 14.2 Å². The fourth-order valence-corrected chi connectivity index (χ4v) is 2.64. The van der Waals surface area contributed by atoms with Crippen molar-refractivity contribution in [3.05, 3.63) is 23.3 Å². The second-order valence-corrected chi connectivity index (χ2v) is 4.53. The summed E-state index contributed by atoms with van der Waals surface area (Å²) in [6.45, 7) is 0. The number of rotatable bonds is 2. The van der Waals surface area contributed by atoms with Crippen molar-refractivity contribution in [2.45, 2.75) is 19.3 Å². The number of hydrogen-bond donors (Lipinski definition) is 0. The highest BCUT2D eigenvalue weighted by Crippen LogP contribution is 2.38. The van der Waals surface area contributed by atoms with Crippen molar-refractivity contribution in [2.24, 2.45) is 11.8 Å². The van der Waals surface area contributed by atoms with Crippen LogP contribution < -0.4 is 0 Å². The van der Waals surface area contributed by atoms with Gasteiger partial charge in [0.15, 0.2) is 0 Å². The Bertz CT molecular complexity index is 368. The van der Waals surface area contributed by atoms with E-state index in [1.54, 1.807) is 0 Å². The summed E-state index contributed by atoms with van der Waals surface area (Å²) in [5.74, 6) is -0.00636. The Balaban J connectivity index is 2.15. The Morgan fingerprint density at radius 3 is 1.76 bits per heavy atom. The number of carbonyl (C=O) groups is 2. The molecule has 2 unspecified atom stereocenters. The van der Waals surface area contributed by atoms with E-state index in [0.29, 0.717) is 12.8 Å².